The zero-order chi connectivity index (χ0) is 19.4. The SMILES string of the molecule is Cc1cc(Br)c[c-]n1.Cc1cc(C#N)c[c-]n1.Cc1cc(CN)c[c-]n1.[Y].[Y].[Y]. The second-order valence-corrected chi connectivity index (χ2v) is 6.16. The number of pyridine rings is 3. The number of rotatable bonds is 1. The van der Waals surface area contributed by atoms with E-state index in [-0.39, 0.29) is 98.1 Å². The summed E-state index contributed by atoms with van der Waals surface area (Å²) in [5.41, 5.74) is 9.85. The number of nitrogens with zero attached hydrogens (tertiary/aromatic N) is 4. The van der Waals surface area contributed by atoms with Crippen molar-refractivity contribution in [2.24, 2.45) is 5.73 Å². The molecule has 3 aromatic heterocycles. The zero-order valence-electron chi connectivity index (χ0n) is 16.6. The average Bonchev–Trinajstić information content (AvgIpc) is 2.62. The zero-order valence-corrected chi connectivity index (χ0v) is 26.7. The Balaban J connectivity index is -0.000000333. The molecular formula is C20H19BrN5Y3-3. The molecule has 0 amide bonds. The molecule has 5 nitrogen and oxygen atoms in total. The molecule has 3 rings (SSSR count). The van der Waals surface area contributed by atoms with Crippen LogP contribution in [-0.4, -0.2) is 15.0 Å². The van der Waals surface area contributed by atoms with Crippen molar-refractivity contribution in [3.63, 3.8) is 0 Å². The molecule has 0 bridgehead atoms. The molecule has 0 aliphatic rings. The maximum absolute atomic E-state index is 8.36. The Hall–Kier alpha value is 0.692. The van der Waals surface area contributed by atoms with Crippen molar-refractivity contribution in [3.05, 3.63) is 87.7 Å². The summed E-state index contributed by atoms with van der Waals surface area (Å²) in [5, 5.41) is 8.36. The van der Waals surface area contributed by atoms with Crippen molar-refractivity contribution >= 4 is 15.9 Å². The summed E-state index contributed by atoms with van der Waals surface area (Å²) in [7, 11) is 0. The Labute approximate surface area is 257 Å². The Bertz CT molecular complexity index is 855. The van der Waals surface area contributed by atoms with E-state index < -0.39 is 0 Å². The molecule has 3 aromatic rings. The molecular weight excluding hydrogens is 657 g/mol. The van der Waals surface area contributed by atoms with E-state index in [1.807, 2.05) is 39.0 Å². The van der Waals surface area contributed by atoms with Crippen molar-refractivity contribution in [2.75, 3.05) is 0 Å². The molecule has 29 heavy (non-hydrogen) atoms. The second kappa shape index (κ2) is 20.6. The summed E-state index contributed by atoms with van der Waals surface area (Å²) in [6.45, 7) is 6.26. The van der Waals surface area contributed by atoms with Gasteiger partial charge in [0.1, 0.15) is 0 Å². The molecule has 2 N–H and O–H groups in total. The van der Waals surface area contributed by atoms with Crippen molar-refractivity contribution in [3.8, 4) is 6.07 Å². The first-order chi connectivity index (χ1) is 12.4. The van der Waals surface area contributed by atoms with Crippen LogP contribution >= 0.6 is 15.9 Å². The number of nitriles is 1. The van der Waals surface area contributed by atoms with E-state index >= 15 is 0 Å². The number of hydrogen-bond donors (Lipinski definition) is 1. The Morgan fingerprint density at radius 1 is 0.862 bits per heavy atom. The van der Waals surface area contributed by atoms with Crippen molar-refractivity contribution in [1.29, 1.82) is 5.26 Å². The van der Waals surface area contributed by atoms with Crippen molar-refractivity contribution in [2.45, 2.75) is 27.3 Å². The van der Waals surface area contributed by atoms with E-state index in [9.17, 15) is 0 Å². The topological polar surface area (TPSA) is 88.5 Å². The largest absolute Gasteiger partial charge is 0.391 e. The molecule has 143 valence electrons. The van der Waals surface area contributed by atoms with Crippen LogP contribution in [-0.2, 0) is 105 Å². The summed E-state index contributed by atoms with van der Waals surface area (Å²) in [5.74, 6) is 0. The minimum absolute atomic E-state index is 0. The van der Waals surface area contributed by atoms with Gasteiger partial charge in [0.2, 0.25) is 0 Å². The molecule has 0 fully saturated rings. The average molecular weight is 676 g/mol. The smallest absolute Gasteiger partial charge is 0.0308 e. The van der Waals surface area contributed by atoms with Crippen molar-refractivity contribution < 1.29 is 98.1 Å². The molecule has 0 aliphatic carbocycles. The van der Waals surface area contributed by atoms with Gasteiger partial charge in [0, 0.05) is 104 Å². The maximum Gasteiger partial charge on any atom is 0.0308 e. The van der Waals surface area contributed by atoms with E-state index in [0.717, 1.165) is 27.1 Å². The van der Waals surface area contributed by atoms with Crippen LogP contribution in [0.25, 0.3) is 0 Å². The predicted octanol–water partition coefficient (Wildman–Crippen LogP) is 3.66. The second-order valence-electron chi connectivity index (χ2n) is 5.24. The van der Waals surface area contributed by atoms with E-state index in [1.54, 1.807) is 24.3 Å². The molecule has 0 saturated carbocycles. The van der Waals surface area contributed by atoms with Gasteiger partial charge in [0.15, 0.2) is 0 Å². The van der Waals surface area contributed by atoms with E-state index in [0.29, 0.717) is 12.1 Å². The van der Waals surface area contributed by atoms with Gasteiger partial charge in [-0.05, 0) is 6.54 Å². The van der Waals surface area contributed by atoms with Crippen LogP contribution in [0.1, 0.15) is 28.2 Å². The Morgan fingerprint density at radius 2 is 1.34 bits per heavy atom. The van der Waals surface area contributed by atoms with Crippen LogP contribution in [0.5, 0.6) is 0 Å². The first-order valence-corrected chi connectivity index (χ1v) is 8.52. The molecule has 0 aromatic carbocycles. The number of halogens is 1. The maximum atomic E-state index is 8.36. The van der Waals surface area contributed by atoms with Crippen LogP contribution in [0.4, 0.5) is 0 Å². The van der Waals surface area contributed by atoms with Gasteiger partial charge in [-0.1, -0.05) is 66.5 Å². The molecule has 0 unspecified atom stereocenters. The Morgan fingerprint density at radius 3 is 1.66 bits per heavy atom. The number of nitrogens with two attached hydrogens (primary N) is 1. The normalized spacial score (nSPS) is 8.14. The first-order valence-electron chi connectivity index (χ1n) is 7.73. The van der Waals surface area contributed by atoms with Crippen molar-refractivity contribution in [1.82, 2.24) is 15.0 Å². The summed E-state index contributed by atoms with van der Waals surface area (Å²) in [4.78, 5) is 11.6. The van der Waals surface area contributed by atoms with E-state index in [1.165, 1.54) is 0 Å². The first kappa shape index (κ1) is 34.3. The molecule has 0 atom stereocenters. The van der Waals surface area contributed by atoms with Crippen LogP contribution in [0.2, 0.25) is 0 Å². The molecule has 0 saturated heterocycles. The van der Waals surface area contributed by atoms with E-state index in [4.69, 9.17) is 11.0 Å². The fraction of sp³-hybridized carbons (Fsp3) is 0.200. The molecule has 3 radical (unpaired) electrons. The molecule has 9 heteroatoms. The van der Waals surface area contributed by atoms with Crippen LogP contribution in [0, 0.1) is 50.7 Å². The summed E-state index contributed by atoms with van der Waals surface area (Å²) >= 11 is 3.29. The summed E-state index contributed by atoms with van der Waals surface area (Å²) in [6.07, 6.45) is 8.09. The Kier molecular flexibility index (Phi) is 24.4. The van der Waals surface area contributed by atoms with Gasteiger partial charge in [-0.15, -0.1) is 51.8 Å². The minimum Gasteiger partial charge on any atom is -0.391 e. The molecule has 3 heterocycles. The van der Waals surface area contributed by atoms with Gasteiger partial charge < -0.3 is 20.7 Å². The third-order valence-corrected chi connectivity index (χ3v) is 3.32. The van der Waals surface area contributed by atoms with Crippen LogP contribution in [0.3, 0.4) is 0 Å². The number of aromatic nitrogens is 3. The van der Waals surface area contributed by atoms with Gasteiger partial charge >= 0.3 is 0 Å². The fourth-order valence-electron chi connectivity index (χ4n) is 1.71. The number of hydrogen-bond acceptors (Lipinski definition) is 5. The third-order valence-electron chi connectivity index (χ3n) is 2.87. The number of aryl methyl sites for hydroxylation is 3. The van der Waals surface area contributed by atoms with Gasteiger partial charge in [-0.3, -0.25) is 0 Å². The van der Waals surface area contributed by atoms with Crippen LogP contribution in [0.15, 0.2) is 40.9 Å². The molecule has 0 aliphatic heterocycles. The monoisotopic (exact) mass is 675 g/mol. The van der Waals surface area contributed by atoms with Gasteiger partial charge in [-0.25, -0.2) is 5.26 Å². The quantitative estimate of drug-likeness (QED) is 0.398. The van der Waals surface area contributed by atoms with Crippen LogP contribution < -0.4 is 5.73 Å². The summed E-state index contributed by atoms with van der Waals surface area (Å²) in [6, 6.07) is 12.8. The van der Waals surface area contributed by atoms with Gasteiger partial charge in [0.05, 0.1) is 0 Å². The summed E-state index contributed by atoms with van der Waals surface area (Å²) < 4.78 is 1.03. The van der Waals surface area contributed by atoms with E-state index in [2.05, 4.69) is 49.5 Å². The van der Waals surface area contributed by atoms with Gasteiger partial charge in [0.25, 0.3) is 0 Å². The molecule has 0 spiro atoms. The minimum atomic E-state index is 0. The van der Waals surface area contributed by atoms with Gasteiger partial charge in [-0.2, -0.15) is 6.07 Å². The standard InChI is InChI=1S/C7H9N2.C7H5N2.C6H5BrN.3Y/c2*1-6-4-7(5-8)2-3-9-6;1-5-4-6(7)2-3-8-5;;;/h2,4H,5,8H2,1H3;2,4H,1H3;2,4H,1H3;;;/q3*-1;;;. The predicted molar refractivity (Wildman–Crippen MR) is 104 cm³/mol. The third kappa shape index (κ3) is 17.0. The fourth-order valence-corrected chi connectivity index (χ4v) is 2.15.